The van der Waals surface area contributed by atoms with Crippen molar-refractivity contribution in [1.82, 2.24) is 14.8 Å². The van der Waals surface area contributed by atoms with E-state index >= 15 is 0 Å². The van der Waals surface area contributed by atoms with Gasteiger partial charge in [0.15, 0.2) is 0 Å². The molecule has 0 aliphatic heterocycles. The van der Waals surface area contributed by atoms with Crippen molar-refractivity contribution in [2.45, 2.75) is 19.4 Å². The molecule has 0 amide bonds. The number of pyridine rings is 1. The van der Waals surface area contributed by atoms with Crippen LogP contribution in [0.5, 0.6) is 0 Å². The summed E-state index contributed by atoms with van der Waals surface area (Å²) in [5.41, 5.74) is 3.54. The van der Waals surface area contributed by atoms with Gasteiger partial charge < -0.3 is 5.11 Å². The lowest BCUT2D eigenvalue weighted by Crippen LogP contribution is -2.13. The van der Waals surface area contributed by atoms with Crippen LogP contribution in [0.1, 0.15) is 21.6 Å². The predicted octanol–water partition coefficient (Wildman–Crippen LogP) is 1.51. The van der Waals surface area contributed by atoms with Gasteiger partial charge in [0.05, 0.1) is 12.2 Å². The number of hydrogen-bond donors (Lipinski definition) is 1. The van der Waals surface area contributed by atoms with Crippen LogP contribution in [0.15, 0.2) is 23.6 Å². The fraction of sp³-hybridized carbons (Fsp3) is 0.308. The Kier molecular flexibility index (Phi) is 3.02. The third kappa shape index (κ3) is 1.87. The van der Waals surface area contributed by atoms with Gasteiger partial charge in [-0.2, -0.15) is 10.0 Å². The maximum absolute atomic E-state index is 11.4. The second kappa shape index (κ2) is 4.84. The van der Waals surface area contributed by atoms with Crippen LogP contribution in [0, 0.1) is 4.91 Å². The van der Waals surface area contributed by atoms with Gasteiger partial charge >= 0.3 is 5.97 Å². The lowest BCUT2D eigenvalue weighted by Gasteiger charge is -2.14. The average Bonchev–Trinajstić information content (AvgIpc) is 2.84. The van der Waals surface area contributed by atoms with E-state index in [4.69, 9.17) is 0 Å². The molecule has 20 heavy (non-hydrogen) atoms. The average molecular weight is 272 g/mol. The number of fused-ring (bicyclic) bond motifs is 3. The Morgan fingerprint density at radius 2 is 2.30 bits per heavy atom. The fourth-order valence-electron chi connectivity index (χ4n) is 2.61. The van der Waals surface area contributed by atoms with Crippen molar-refractivity contribution >= 4 is 5.97 Å². The maximum Gasteiger partial charge on any atom is 0.354 e. The molecule has 0 bridgehead atoms. The summed E-state index contributed by atoms with van der Waals surface area (Å²) in [5.74, 6) is -1.03. The van der Waals surface area contributed by atoms with Gasteiger partial charge in [-0.05, 0) is 24.5 Å². The van der Waals surface area contributed by atoms with Gasteiger partial charge in [0, 0.05) is 23.5 Å². The summed E-state index contributed by atoms with van der Waals surface area (Å²) in [6, 6.07) is 1.84. The molecule has 1 N–H and O–H groups in total. The van der Waals surface area contributed by atoms with Gasteiger partial charge in [-0.3, -0.25) is 9.67 Å². The molecule has 0 saturated heterocycles. The first kappa shape index (κ1) is 12.5. The van der Waals surface area contributed by atoms with E-state index in [0.29, 0.717) is 12.1 Å². The molecule has 1 aliphatic rings. The number of nitrogens with zero attached hydrogens (tertiary/aromatic N) is 4. The Morgan fingerprint density at radius 1 is 1.45 bits per heavy atom. The highest BCUT2D eigenvalue weighted by molar-refractivity contribution is 5.90. The summed E-state index contributed by atoms with van der Waals surface area (Å²) in [4.78, 5) is 25.8. The van der Waals surface area contributed by atoms with Crippen LogP contribution in [-0.4, -0.2) is 32.4 Å². The van der Waals surface area contributed by atoms with Crippen molar-refractivity contribution in [2.75, 3.05) is 6.54 Å². The van der Waals surface area contributed by atoms with Gasteiger partial charge in [0.2, 0.25) is 0 Å². The van der Waals surface area contributed by atoms with Gasteiger partial charge in [0.1, 0.15) is 12.2 Å². The van der Waals surface area contributed by atoms with Gasteiger partial charge in [-0.25, -0.2) is 4.79 Å². The molecule has 2 heterocycles. The molecule has 0 fully saturated rings. The zero-order valence-corrected chi connectivity index (χ0v) is 10.6. The molecule has 3 rings (SSSR count). The highest BCUT2D eigenvalue weighted by Crippen LogP contribution is 2.33. The monoisotopic (exact) mass is 272 g/mol. The number of rotatable bonds is 4. The summed E-state index contributed by atoms with van der Waals surface area (Å²) < 4.78 is 1.37. The highest BCUT2D eigenvalue weighted by Gasteiger charge is 2.27. The number of aromatic carboxylic acids is 1. The smallest absolute Gasteiger partial charge is 0.354 e. The molecule has 0 atom stereocenters. The Hall–Kier alpha value is -2.57. The summed E-state index contributed by atoms with van der Waals surface area (Å²) >= 11 is 0. The normalized spacial score (nSPS) is 12.6. The summed E-state index contributed by atoms with van der Waals surface area (Å²) in [6.45, 7) is 0.183. The first-order valence-corrected chi connectivity index (χ1v) is 6.27. The summed E-state index contributed by atoms with van der Waals surface area (Å²) in [5, 5.41) is 16.5. The second-order valence-electron chi connectivity index (χ2n) is 4.59. The standard InChI is InChI=1S/C13H12N4O3/c18-13(19)12-10-2-1-8-7-14-4-3-9(8)11(10)16-17(12)6-5-15-20/h3-4,7H,1-2,5-6H2,(H,18,19). The lowest BCUT2D eigenvalue weighted by atomic mass is 9.90. The van der Waals surface area contributed by atoms with E-state index < -0.39 is 5.97 Å². The second-order valence-corrected chi connectivity index (χ2v) is 4.59. The van der Waals surface area contributed by atoms with Crippen LogP contribution in [0.4, 0.5) is 0 Å². The van der Waals surface area contributed by atoms with Crippen molar-refractivity contribution < 1.29 is 9.90 Å². The van der Waals surface area contributed by atoms with Gasteiger partial charge in [-0.15, -0.1) is 0 Å². The highest BCUT2D eigenvalue weighted by atomic mass is 16.4. The molecule has 7 nitrogen and oxygen atoms in total. The van der Waals surface area contributed by atoms with Crippen LogP contribution >= 0.6 is 0 Å². The third-order valence-electron chi connectivity index (χ3n) is 3.46. The quantitative estimate of drug-likeness (QED) is 0.851. The molecule has 1 aliphatic carbocycles. The van der Waals surface area contributed by atoms with Crippen molar-refractivity contribution in [2.24, 2.45) is 5.18 Å². The summed E-state index contributed by atoms with van der Waals surface area (Å²) in [6.07, 6.45) is 4.81. The minimum atomic E-state index is -1.03. The first-order valence-electron chi connectivity index (χ1n) is 6.27. The van der Waals surface area contributed by atoms with E-state index in [1.54, 1.807) is 12.4 Å². The largest absolute Gasteiger partial charge is 0.477 e. The summed E-state index contributed by atoms with van der Waals surface area (Å²) in [7, 11) is 0. The Morgan fingerprint density at radius 3 is 3.05 bits per heavy atom. The molecular weight excluding hydrogens is 260 g/mol. The Labute approximate surface area is 114 Å². The predicted molar refractivity (Wildman–Crippen MR) is 70.5 cm³/mol. The minimum absolute atomic E-state index is 0.00401. The van der Waals surface area contributed by atoms with Crippen molar-refractivity contribution in [3.8, 4) is 11.3 Å². The van der Waals surface area contributed by atoms with Crippen molar-refractivity contribution in [3.63, 3.8) is 0 Å². The lowest BCUT2D eigenvalue weighted by molar-refractivity contribution is 0.0682. The van der Waals surface area contributed by atoms with E-state index in [1.165, 1.54) is 4.68 Å². The Bertz CT molecular complexity index is 693. The van der Waals surface area contributed by atoms with Crippen LogP contribution in [-0.2, 0) is 19.4 Å². The molecule has 0 radical (unpaired) electrons. The van der Waals surface area contributed by atoms with E-state index in [9.17, 15) is 14.8 Å². The van der Waals surface area contributed by atoms with Crippen LogP contribution in [0.25, 0.3) is 11.3 Å². The molecule has 2 aromatic rings. The van der Waals surface area contributed by atoms with Crippen LogP contribution in [0.2, 0.25) is 0 Å². The topological polar surface area (TPSA) is 97.4 Å². The number of aryl methyl sites for hydroxylation is 1. The number of carboxylic acid groups (broad SMARTS) is 1. The molecular formula is C13H12N4O3. The molecule has 0 spiro atoms. The van der Waals surface area contributed by atoms with Crippen LogP contribution in [0.3, 0.4) is 0 Å². The molecule has 0 aromatic carbocycles. The number of hydrogen-bond acceptors (Lipinski definition) is 5. The van der Waals surface area contributed by atoms with Crippen molar-refractivity contribution in [3.05, 3.63) is 40.2 Å². The van der Waals surface area contributed by atoms with Crippen molar-refractivity contribution in [1.29, 1.82) is 0 Å². The molecule has 2 aromatic heterocycles. The van der Waals surface area contributed by atoms with E-state index in [-0.39, 0.29) is 18.8 Å². The van der Waals surface area contributed by atoms with E-state index in [0.717, 1.165) is 23.1 Å². The Balaban J connectivity index is 2.16. The molecule has 102 valence electrons. The maximum atomic E-state index is 11.4. The molecule has 7 heteroatoms. The van der Waals surface area contributed by atoms with Gasteiger partial charge in [0.25, 0.3) is 0 Å². The zero-order valence-electron chi connectivity index (χ0n) is 10.6. The third-order valence-corrected chi connectivity index (χ3v) is 3.46. The molecule has 0 unspecified atom stereocenters. The number of aromatic nitrogens is 3. The number of carbonyl (C=O) groups is 1. The number of carboxylic acids is 1. The minimum Gasteiger partial charge on any atom is -0.477 e. The first-order chi connectivity index (χ1) is 9.72. The van der Waals surface area contributed by atoms with E-state index in [2.05, 4.69) is 15.3 Å². The SMILES string of the molecule is O=NCCn1nc2c(c1C(=O)O)CCc1cnccc1-2. The van der Waals surface area contributed by atoms with E-state index in [1.807, 2.05) is 6.07 Å². The zero-order chi connectivity index (χ0) is 14.1. The fourth-order valence-corrected chi connectivity index (χ4v) is 2.61. The number of nitroso groups, excluding NO2 is 1. The van der Waals surface area contributed by atoms with Crippen LogP contribution < -0.4 is 0 Å². The van der Waals surface area contributed by atoms with Gasteiger partial charge in [-0.1, -0.05) is 5.18 Å². The molecule has 0 saturated carbocycles.